The minimum atomic E-state index is -1.43. The van der Waals surface area contributed by atoms with Crippen molar-refractivity contribution < 1.29 is 19.4 Å². The maximum absolute atomic E-state index is 11.8. The van der Waals surface area contributed by atoms with E-state index in [9.17, 15) is 14.7 Å². The number of aliphatic carboxylic acids is 1. The van der Waals surface area contributed by atoms with Gasteiger partial charge in [0.1, 0.15) is 0 Å². The fraction of sp³-hybridized carbons (Fsp3) is 0.500. The number of carbonyl (C=O) groups is 2. The lowest BCUT2D eigenvalue weighted by atomic mass is 9.78. The summed E-state index contributed by atoms with van der Waals surface area (Å²) >= 11 is 1.35. The summed E-state index contributed by atoms with van der Waals surface area (Å²) in [6.07, 6.45) is 1.89. The maximum Gasteiger partial charge on any atom is 0.320 e. The van der Waals surface area contributed by atoms with Gasteiger partial charge in [-0.15, -0.1) is 11.3 Å². The van der Waals surface area contributed by atoms with Crippen LogP contribution in [0.2, 0.25) is 0 Å². The van der Waals surface area contributed by atoms with Crippen LogP contribution in [0.4, 0.5) is 0 Å². The van der Waals surface area contributed by atoms with Crippen LogP contribution in [0.15, 0.2) is 11.6 Å². The molecule has 2 rings (SSSR count). The number of hydrogen-bond donors (Lipinski definition) is 1. The number of carbonyl (C=O) groups excluding carboxylic acids is 1. The van der Waals surface area contributed by atoms with E-state index in [4.69, 9.17) is 4.74 Å². The van der Waals surface area contributed by atoms with Gasteiger partial charge in [0.25, 0.3) is 0 Å². The fourth-order valence-electron chi connectivity index (χ4n) is 1.74. The number of Topliss-reactive ketones (excluding diaryl/α,β-unsaturated/α-hetero) is 1. The van der Waals surface area contributed by atoms with E-state index in [1.807, 2.05) is 0 Å². The van der Waals surface area contributed by atoms with Crippen LogP contribution in [0.3, 0.4) is 0 Å². The molecule has 1 aliphatic heterocycles. The summed E-state index contributed by atoms with van der Waals surface area (Å²) in [5.74, 6) is -1.38. The second kappa shape index (κ2) is 4.31. The van der Waals surface area contributed by atoms with Gasteiger partial charge in [-0.05, 0) is 0 Å². The van der Waals surface area contributed by atoms with Crippen molar-refractivity contribution in [1.29, 1.82) is 0 Å². The van der Waals surface area contributed by atoms with Crippen molar-refractivity contribution >= 4 is 23.1 Å². The fourth-order valence-corrected chi connectivity index (χ4v) is 2.47. The lowest BCUT2D eigenvalue weighted by Crippen LogP contribution is -2.48. The molecular formula is C10H11NO4S. The Hall–Kier alpha value is -1.27. The predicted molar refractivity (Wildman–Crippen MR) is 56.3 cm³/mol. The molecular weight excluding hydrogens is 230 g/mol. The van der Waals surface area contributed by atoms with E-state index in [0.717, 1.165) is 0 Å². The highest BCUT2D eigenvalue weighted by atomic mass is 32.1. The maximum atomic E-state index is 11.8. The molecule has 1 saturated heterocycles. The Kier molecular flexibility index (Phi) is 3.02. The Morgan fingerprint density at radius 3 is 3.06 bits per heavy atom. The highest BCUT2D eigenvalue weighted by Crippen LogP contribution is 2.30. The second-order valence-corrected chi connectivity index (χ2v) is 4.69. The van der Waals surface area contributed by atoms with E-state index >= 15 is 0 Å². The van der Waals surface area contributed by atoms with E-state index in [2.05, 4.69) is 4.98 Å². The van der Waals surface area contributed by atoms with Gasteiger partial charge >= 0.3 is 5.97 Å². The lowest BCUT2D eigenvalue weighted by molar-refractivity contribution is -0.164. The quantitative estimate of drug-likeness (QED) is 0.790. The molecule has 0 bridgehead atoms. The first-order valence-electron chi connectivity index (χ1n) is 4.88. The molecule has 0 aromatic carbocycles. The topological polar surface area (TPSA) is 76.5 Å². The van der Waals surface area contributed by atoms with Crippen LogP contribution in [0.25, 0.3) is 0 Å². The monoisotopic (exact) mass is 241 g/mol. The van der Waals surface area contributed by atoms with Crippen LogP contribution in [-0.2, 0) is 20.7 Å². The molecule has 1 aromatic rings. The van der Waals surface area contributed by atoms with Gasteiger partial charge in [-0.2, -0.15) is 0 Å². The number of nitrogens with zero attached hydrogens (tertiary/aromatic N) is 1. The Morgan fingerprint density at radius 1 is 1.69 bits per heavy atom. The first-order valence-corrected chi connectivity index (χ1v) is 5.76. The second-order valence-electron chi connectivity index (χ2n) is 3.72. The predicted octanol–water partition coefficient (Wildman–Crippen LogP) is 0.746. The van der Waals surface area contributed by atoms with Gasteiger partial charge in [0.15, 0.2) is 11.2 Å². The molecule has 0 spiro atoms. The number of ether oxygens (including phenoxy) is 1. The summed E-state index contributed by atoms with van der Waals surface area (Å²) in [7, 11) is 0. The number of ketones is 1. The molecule has 1 N–H and O–H groups in total. The molecule has 1 fully saturated rings. The van der Waals surface area contributed by atoms with Crippen molar-refractivity contribution in [3.05, 3.63) is 16.6 Å². The Bertz CT molecular complexity index is 403. The Morgan fingerprint density at radius 2 is 2.50 bits per heavy atom. The van der Waals surface area contributed by atoms with Gasteiger partial charge < -0.3 is 9.84 Å². The molecule has 0 aliphatic carbocycles. The molecule has 16 heavy (non-hydrogen) atoms. The smallest absolute Gasteiger partial charge is 0.320 e. The highest BCUT2D eigenvalue weighted by molar-refractivity contribution is 7.09. The van der Waals surface area contributed by atoms with Crippen molar-refractivity contribution in [3.63, 3.8) is 0 Å². The molecule has 1 unspecified atom stereocenters. The van der Waals surface area contributed by atoms with Gasteiger partial charge in [0, 0.05) is 24.4 Å². The molecule has 5 nitrogen and oxygen atoms in total. The number of rotatable bonds is 3. The van der Waals surface area contributed by atoms with Crippen LogP contribution < -0.4 is 0 Å². The zero-order valence-electron chi connectivity index (χ0n) is 8.51. The first kappa shape index (κ1) is 11.2. The zero-order valence-corrected chi connectivity index (χ0v) is 9.33. The first-order chi connectivity index (χ1) is 7.65. The standard InChI is InChI=1S/C10H11NO4S/c12-7-1-3-15-6-10(7,9(13)14)5-8-11-2-4-16-8/h2,4H,1,3,5-6H2,(H,13,14). The SMILES string of the molecule is O=C(O)C1(Cc2nccs2)COCCC1=O. The summed E-state index contributed by atoms with van der Waals surface area (Å²) in [5.41, 5.74) is -1.43. The minimum Gasteiger partial charge on any atom is -0.480 e. The number of aromatic nitrogens is 1. The number of carboxylic acid groups (broad SMARTS) is 1. The van der Waals surface area contributed by atoms with E-state index < -0.39 is 11.4 Å². The third kappa shape index (κ3) is 1.85. The summed E-state index contributed by atoms with van der Waals surface area (Å²) in [6, 6.07) is 0. The number of carboxylic acids is 1. The number of hydrogen-bond acceptors (Lipinski definition) is 5. The molecule has 2 heterocycles. The van der Waals surface area contributed by atoms with Crippen LogP contribution in [-0.4, -0.2) is 35.1 Å². The van der Waals surface area contributed by atoms with E-state index in [1.165, 1.54) is 11.3 Å². The van der Waals surface area contributed by atoms with Crippen LogP contribution in [0.1, 0.15) is 11.4 Å². The van der Waals surface area contributed by atoms with Crippen molar-refractivity contribution in [2.45, 2.75) is 12.8 Å². The summed E-state index contributed by atoms with van der Waals surface area (Å²) in [6.45, 7) is 0.256. The molecule has 1 atom stereocenters. The Labute approximate surface area is 96.1 Å². The van der Waals surface area contributed by atoms with E-state index in [0.29, 0.717) is 11.6 Å². The molecule has 0 amide bonds. The summed E-state index contributed by atoms with van der Waals surface area (Å²) in [5, 5.41) is 11.7. The highest BCUT2D eigenvalue weighted by Gasteiger charge is 2.48. The number of thiazole rings is 1. The van der Waals surface area contributed by atoms with Crippen molar-refractivity contribution in [1.82, 2.24) is 4.98 Å². The van der Waals surface area contributed by atoms with Crippen LogP contribution in [0.5, 0.6) is 0 Å². The van der Waals surface area contributed by atoms with Gasteiger partial charge in [0.05, 0.1) is 18.2 Å². The van der Waals surface area contributed by atoms with Crippen LogP contribution in [0, 0.1) is 5.41 Å². The third-order valence-electron chi connectivity index (χ3n) is 2.70. The van der Waals surface area contributed by atoms with Gasteiger partial charge in [-0.25, -0.2) is 4.98 Å². The van der Waals surface area contributed by atoms with Gasteiger partial charge in [-0.1, -0.05) is 0 Å². The van der Waals surface area contributed by atoms with E-state index in [1.54, 1.807) is 11.6 Å². The average Bonchev–Trinajstić information content (AvgIpc) is 2.74. The summed E-state index contributed by atoms with van der Waals surface area (Å²) in [4.78, 5) is 27.1. The summed E-state index contributed by atoms with van der Waals surface area (Å²) < 4.78 is 5.14. The molecule has 6 heteroatoms. The molecule has 0 saturated carbocycles. The minimum absolute atomic E-state index is 0.0548. The molecule has 1 aliphatic rings. The molecule has 0 radical (unpaired) electrons. The molecule has 1 aromatic heterocycles. The van der Waals surface area contributed by atoms with Crippen LogP contribution >= 0.6 is 11.3 Å². The Balaban J connectivity index is 2.27. The zero-order chi connectivity index (χ0) is 11.6. The average molecular weight is 241 g/mol. The van der Waals surface area contributed by atoms with Gasteiger partial charge in [-0.3, -0.25) is 9.59 Å². The van der Waals surface area contributed by atoms with Crippen molar-refractivity contribution in [2.75, 3.05) is 13.2 Å². The van der Waals surface area contributed by atoms with Gasteiger partial charge in [0.2, 0.25) is 0 Å². The third-order valence-corrected chi connectivity index (χ3v) is 3.48. The van der Waals surface area contributed by atoms with Crippen molar-refractivity contribution in [2.24, 2.45) is 5.41 Å². The normalized spacial score (nSPS) is 25.6. The van der Waals surface area contributed by atoms with Crippen molar-refractivity contribution in [3.8, 4) is 0 Å². The largest absolute Gasteiger partial charge is 0.480 e. The van der Waals surface area contributed by atoms with E-state index in [-0.39, 0.29) is 25.2 Å². The molecule has 86 valence electrons. The lowest BCUT2D eigenvalue weighted by Gasteiger charge is -2.30.